The fraction of sp³-hybridized carbons (Fsp3) is 0.375. The van der Waals surface area contributed by atoms with Crippen LogP contribution >= 0.6 is 0 Å². The van der Waals surface area contributed by atoms with E-state index in [1.54, 1.807) is 19.4 Å². The molecule has 1 aromatic rings. The van der Waals surface area contributed by atoms with E-state index in [1.807, 2.05) is 6.92 Å². The van der Waals surface area contributed by atoms with Crippen LogP contribution in [-0.4, -0.2) is 12.1 Å². The van der Waals surface area contributed by atoms with Crippen molar-refractivity contribution in [1.29, 1.82) is 0 Å². The van der Waals surface area contributed by atoms with E-state index >= 15 is 0 Å². The number of pyridine rings is 1. The molecule has 1 rings (SSSR count). The van der Waals surface area contributed by atoms with E-state index < -0.39 is 0 Å². The highest BCUT2D eigenvalue weighted by atomic mass is 16.5. The zero-order valence-corrected chi connectivity index (χ0v) is 7.24. The fourth-order valence-corrected chi connectivity index (χ4v) is 1.09. The molecule has 0 spiro atoms. The molecule has 1 aromatic heterocycles. The van der Waals surface area contributed by atoms with E-state index in [2.05, 4.69) is 4.98 Å². The van der Waals surface area contributed by atoms with Crippen molar-refractivity contribution < 1.29 is 4.74 Å². The maximum atomic E-state index is 5.70. The van der Waals surface area contributed by atoms with Gasteiger partial charge in [-0.2, -0.15) is 0 Å². The first-order chi connectivity index (χ1) is 5.66. The first kappa shape index (κ1) is 8.80. The predicted octanol–water partition coefficient (Wildman–Crippen LogP) is 0.692. The number of nitrogens with two attached hydrogens (primary N) is 2. The van der Waals surface area contributed by atoms with Gasteiger partial charge in [-0.25, -0.2) is 4.98 Å². The van der Waals surface area contributed by atoms with Crippen LogP contribution in [0.25, 0.3) is 0 Å². The molecule has 0 fully saturated rings. The lowest BCUT2D eigenvalue weighted by Crippen LogP contribution is -2.10. The van der Waals surface area contributed by atoms with Crippen LogP contribution in [0.4, 0.5) is 5.69 Å². The molecule has 1 atom stereocenters. The number of nitrogens with zero attached hydrogens (tertiary/aromatic N) is 1. The molecule has 0 saturated carbocycles. The summed E-state index contributed by atoms with van der Waals surface area (Å²) in [6, 6.07) is 1.55. The minimum absolute atomic E-state index is 0.159. The third-order valence-electron chi connectivity index (χ3n) is 1.64. The summed E-state index contributed by atoms with van der Waals surface area (Å²) in [5.74, 6) is 0.505. The number of ether oxygens (including phenoxy) is 1. The summed E-state index contributed by atoms with van der Waals surface area (Å²) in [7, 11) is 1.55. The number of methoxy groups -OCH3 is 1. The standard InChI is InChI=1S/C8H13N3O/c1-5(9)7-6(10)3-4-11-8(7)12-2/h3-5H,9H2,1-2H3,(H2,10,11). The van der Waals surface area contributed by atoms with Gasteiger partial charge >= 0.3 is 0 Å². The van der Waals surface area contributed by atoms with E-state index in [4.69, 9.17) is 16.2 Å². The molecule has 1 unspecified atom stereocenters. The summed E-state index contributed by atoms with van der Waals surface area (Å²) in [5, 5.41) is 0. The predicted molar refractivity (Wildman–Crippen MR) is 47.8 cm³/mol. The smallest absolute Gasteiger partial charge is 0.219 e. The van der Waals surface area contributed by atoms with Gasteiger partial charge in [0.25, 0.3) is 0 Å². The van der Waals surface area contributed by atoms with Gasteiger partial charge in [0.05, 0.1) is 12.7 Å². The van der Waals surface area contributed by atoms with Crippen molar-refractivity contribution in [3.05, 3.63) is 17.8 Å². The summed E-state index contributed by atoms with van der Waals surface area (Å²) >= 11 is 0. The van der Waals surface area contributed by atoms with Crippen molar-refractivity contribution in [3.63, 3.8) is 0 Å². The van der Waals surface area contributed by atoms with Crippen LogP contribution in [0.5, 0.6) is 5.88 Å². The molecule has 0 saturated heterocycles. The molecule has 0 aliphatic heterocycles. The summed E-state index contributed by atoms with van der Waals surface area (Å²) in [5.41, 5.74) is 12.8. The number of hydrogen-bond acceptors (Lipinski definition) is 4. The molecule has 4 nitrogen and oxygen atoms in total. The van der Waals surface area contributed by atoms with Crippen LogP contribution in [0.15, 0.2) is 12.3 Å². The summed E-state index contributed by atoms with van der Waals surface area (Å²) in [6.45, 7) is 1.84. The number of anilines is 1. The third-order valence-corrected chi connectivity index (χ3v) is 1.64. The molecule has 0 aromatic carbocycles. The van der Waals surface area contributed by atoms with Crippen molar-refractivity contribution in [2.24, 2.45) is 5.73 Å². The molecule has 4 heteroatoms. The molecule has 0 bridgehead atoms. The minimum Gasteiger partial charge on any atom is -0.481 e. The lowest BCUT2D eigenvalue weighted by Gasteiger charge is -2.12. The molecule has 12 heavy (non-hydrogen) atoms. The Hall–Kier alpha value is -1.29. The van der Waals surface area contributed by atoms with Gasteiger partial charge in [-0.1, -0.05) is 0 Å². The van der Waals surface area contributed by atoms with Crippen molar-refractivity contribution >= 4 is 5.69 Å². The zero-order valence-electron chi connectivity index (χ0n) is 7.24. The van der Waals surface area contributed by atoms with E-state index in [0.717, 1.165) is 5.56 Å². The lowest BCUT2D eigenvalue weighted by atomic mass is 10.1. The average molecular weight is 167 g/mol. The van der Waals surface area contributed by atoms with Crippen molar-refractivity contribution in [3.8, 4) is 5.88 Å². The van der Waals surface area contributed by atoms with Gasteiger partial charge < -0.3 is 16.2 Å². The highest BCUT2D eigenvalue weighted by Crippen LogP contribution is 2.26. The molecular weight excluding hydrogens is 154 g/mol. The molecule has 0 amide bonds. The van der Waals surface area contributed by atoms with E-state index in [9.17, 15) is 0 Å². The number of aromatic nitrogens is 1. The Labute approximate surface area is 71.5 Å². The normalized spacial score (nSPS) is 12.6. The van der Waals surface area contributed by atoms with E-state index in [1.165, 1.54) is 0 Å². The molecule has 0 aliphatic rings. The van der Waals surface area contributed by atoms with Crippen LogP contribution < -0.4 is 16.2 Å². The van der Waals surface area contributed by atoms with Crippen molar-refractivity contribution in [2.45, 2.75) is 13.0 Å². The second-order valence-corrected chi connectivity index (χ2v) is 2.61. The summed E-state index contributed by atoms with van der Waals surface area (Å²) < 4.78 is 5.02. The number of hydrogen-bond donors (Lipinski definition) is 2. The average Bonchev–Trinajstić information content (AvgIpc) is 2.03. The highest BCUT2D eigenvalue weighted by molar-refractivity contribution is 5.52. The van der Waals surface area contributed by atoms with Gasteiger partial charge in [-0.15, -0.1) is 0 Å². The first-order valence-corrected chi connectivity index (χ1v) is 3.70. The lowest BCUT2D eigenvalue weighted by molar-refractivity contribution is 0.390. The molecule has 0 aliphatic carbocycles. The second kappa shape index (κ2) is 3.40. The van der Waals surface area contributed by atoms with Gasteiger partial charge in [0, 0.05) is 17.9 Å². The van der Waals surface area contributed by atoms with E-state index in [-0.39, 0.29) is 6.04 Å². The van der Waals surface area contributed by atoms with Gasteiger partial charge in [-0.3, -0.25) is 0 Å². The van der Waals surface area contributed by atoms with Crippen LogP contribution in [0.3, 0.4) is 0 Å². The molecule has 66 valence electrons. The number of nitrogen functional groups attached to an aromatic ring is 1. The maximum absolute atomic E-state index is 5.70. The van der Waals surface area contributed by atoms with Gasteiger partial charge in [0.15, 0.2) is 0 Å². The van der Waals surface area contributed by atoms with Gasteiger partial charge in [0.2, 0.25) is 5.88 Å². The van der Waals surface area contributed by atoms with Crippen molar-refractivity contribution in [2.75, 3.05) is 12.8 Å². The van der Waals surface area contributed by atoms with Crippen LogP contribution in [0, 0.1) is 0 Å². The maximum Gasteiger partial charge on any atom is 0.219 e. The SMILES string of the molecule is COc1nccc(N)c1C(C)N. The Morgan fingerprint density at radius 3 is 2.67 bits per heavy atom. The van der Waals surface area contributed by atoms with E-state index in [0.29, 0.717) is 11.6 Å². The Bertz CT molecular complexity index is 273. The summed E-state index contributed by atoms with van der Waals surface area (Å²) in [4.78, 5) is 4.00. The van der Waals surface area contributed by atoms with Crippen molar-refractivity contribution in [1.82, 2.24) is 4.98 Å². The quantitative estimate of drug-likeness (QED) is 0.679. The summed E-state index contributed by atoms with van der Waals surface area (Å²) in [6.07, 6.45) is 1.60. The Morgan fingerprint density at radius 1 is 1.58 bits per heavy atom. The van der Waals surface area contributed by atoms with Gasteiger partial charge in [0.1, 0.15) is 0 Å². The van der Waals surface area contributed by atoms with Crippen LogP contribution in [0.1, 0.15) is 18.5 Å². The highest BCUT2D eigenvalue weighted by Gasteiger charge is 2.11. The molecule has 1 heterocycles. The number of rotatable bonds is 2. The monoisotopic (exact) mass is 167 g/mol. The Kier molecular flexibility index (Phi) is 2.50. The van der Waals surface area contributed by atoms with Gasteiger partial charge in [-0.05, 0) is 13.0 Å². The van der Waals surface area contributed by atoms with Crippen LogP contribution in [-0.2, 0) is 0 Å². The second-order valence-electron chi connectivity index (χ2n) is 2.61. The third kappa shape index (κ3) is 1.48. The largest absolute Gasteiger partial charge is 0.481 e. The molecule has 0 radical (unpaired) electrons. The molecule has 4 N–H and O–H groups in total. The topological polar surface area (TPSA) is 74.2 Å². The first-order valence-electron chi connectivity index (χ1n) is 3.70. The zero-order chi connectivity index (χ0) is 9.14. The van der Waals surface area contributed by atoms with Crippen LogP contribution in [0.2, 0.25) is 0 Å². The Morgan fingerprint density at radius 2 is 2.25 bits per heavy atom. The fourth-order valence-electron chi connectivity index (χ4n) is 1.09. The Balaban J connectivity index is 3.20. The molecular formula is C8H13N3O. The minimum atomic E-state index is -0.159.